The Balaban J connectivity index is 1.34. The molecule has 1 heterocycles. The molecule has 1 aliphatic carbocycles. The number of hydrogen-bond donors (Lipinski definition) is 3. The lowest BCUT2D eigenvalue weighted by Crippen LogP contribution is -2.49. The number of nitrogens with one attached hydrogen (secondary N) is 3. The van der Waals surface area contributed by atoms with Crippen molar-refractivity contribution in [3.05, 3.63) is 30.1 Å². The molecule has 2 fully saturated rings. The summed E-state index contributed by atoms with van der Waals surface area (Å²) in [4.78, 5) is 27.2. The Morgan fingerprint density at radius 2 is 1.76 bits per heavy atom. The van der Waals surface area contributed by atoms with Crippen LogP contribution in [0, 0.1) is 17.7 Å². The van der Waals surface area contributed by atoms with E-state index < -0.39 is 21.9 Å². The number of benzene rings is 1. The summed E-state index contributed by atoms with van der Waals surface area (Å²) in [5, 5.41) is 5.68. The van der Waals surface area contributed by atoms with Gasteiger partial charge in [0.15, 0.2) is 0 Å². The lowest BCUT2D eigenvalue weighted by Gasteiger charge is -2.29. The Morgan fingerprint density at radius 1 is 1.12 bits per heavy atom. The van der Waals surface area contributed by atoms with Gasteiger partial charge in [0, 0.05) is 38.6 Å². The molecule has 1 aromatic rings. The smallest absolute Gasteiger partial charge is 0.242 e. The van der Waals surface area contributed by atoms with Crippen molar-refractivity contribution in [3.8, 4) is 0 Å². The molecule has 1 atom stereocenters. The molecule has 1 saturated carbocycles. The standard InChI is InChI=1S/C23H35FN4O5S/c1-17(22(29)25-10-11-28-12-14-33-15-13-28)27-23(30)19-4-2-18(3-5-19)16-26-34(31,32)21-8-6-20(24)7-9-21/h6-9,17-19,26H,2-5,10-16H2,1H3,(H,25,29)(H,27,30)/t17-,18?,19?/m0/s1. The molecular formula is C23H35FN4O5S. The van der Waals surface area contributed by atoms with Crippen LogP contribution in [0.25, 0.3) is 0 Å². The van der Waals surface area contributed by atoms with E-state index >= 15 is 0 Å². The van der Waals surface area contributed by atoms with Gasteiger partial charge in [0.2, 0.25) is 21.8 Å². The Bertz CT molecular complexity index is 914. The molecular weight excluding hydrogens is 463 g/mol. The predicted octanol–water partition coefficient (Wildman–Crippen LogP) is 0.864. The zero-order valence-corrected chi connectivity index (χ0v) is 20.4. The van der Waals surface area contributed by atoms with Gasteiger partial charge in [-0.25, -0.2) is 17.5 Å². The second-order valence-electron chi connectivity index (χ2n) is 9.00. The number of morpholine rings is 1. The fourth-order valence-corrected chi connectivity index (χ4v) is 5.38. The summed E-state index contributed by atoms with van der Waals surface area (Å²) in [6.07, 6.45) is 2.70. The van der Waals surface area contributed by atoms with E-state index in [0.717, 1.165) is 31.8 Å². The average Bonchev–Trinajstić information content (AvgIpc) is 2.84. The highest BCUT2D eigenvalue weighted by Crippen LogP contribution is 2.29. The van der Waals surface area contributed by atoms with Crippen LogP contribution in [0.3, 0.4) is 0 Å². The van der Waals surface area contributed by atoms with Crippen LogP contribution in [0.2, 0.25) is 0 Å². The van der Waals surface area contributed by atoms with Gasteiger partial charge < -0.3 is 15.4 Å². The third kappa shape index (κ3) is 8.00. The molecule has 3 N–H and O–H groups in total. The van der Waals surface area contributed by atoms with Crippen LogP contribution in [-0.4, -0.2) is 77.1 Å². The minimum atomic E-state index is -3.70. The zero-order chi connectivity index (χ0) is 24.6. The number of halogens is 1. The second-order valence-corrected chi connectivity index (χ2v) is 10.8. The van der Waals surface area contributed by atoms with Crippen molar-refractivity contribution in [2.24, 2.45) is 11.8 Å². The topological polar surface area (TPSA) is 117 Å². The molecule has 0 spiro atoms. The summed E-state index contributed by atoms with van der Waals surface area (Å²) in [5.41, 5.74) is 0. The fraction of sp³-hybridized carbons (Fsp3) is 0.652. The van der Waals surface area contributed by atoms with Gasteiger partial charge in [-0.3, -0.25) is 14.5 Å². The van der Waals surface area contributed by atoms with Crippen LogP contribution in [0.1, 0.15) is 32.6 Å². The quantitative estimate of drug-likeness (QED) is 0.441. The van der Waals surface area contributed by atoms with Crippen LogP contribution in [0.4, 0.5) is 4.39 Å². The summed E-state index contributed by atoms with van der Waals surface area (Å²) in [6, 6.07) is 4.09. The maximum absolute atomic E-state index is 13.0. The molecule has 2 aliphatic rings. The summed E-state index contributed by atoms with van der Waals surface area (Å²) in [5.74, 6) is -0.893. The molecule has 0 bridgehead atoms. The van der Waals surface area contributed by atoms with Crippen molar-refractivity contribution in [2.75, 3.05) is 45.9 Å². The van der Waals surface area contributed by atoms with E-state index in [1.54, 1.807) is 6.92 Å². The Hall–Kier alpha value is -2.08. The lowest BCUT2D eigenvalue weighted by atomic mass is 9.81. The van der Waals surface area contributed by atoms with Crippen molar-refractivity contribution < 1.29 is 27.1 Å². The van der Waals surface area contributed by atoms with E-state index in [2.05, 4.69) is 20.3 Å². The van der Waals surface area contributed by atoms with E-state index in [4.69, 9.17) is 4.74 Å². The van der Waals surface area contributed by atoms with Crippen molar-refractivity contribution in [1.29, 1.82) is 0 Å². The average molecular weight is 499 g/mol. The molecule has 11 heteroatoms. The van der Waals surface area contributed by atoms with Gasteiger partial charge in [0.1, 0.15) is 11.9 Å². The number of carbonyl (C=O) groups is 2. The summed E-state index contributed by atoms with van der Waals surface area (Å²) >= 11 is 0. The molecule has 1 aromatic carbocycles. The van der Waals surface area contributed by atoms with E-state index in [0.29, 0.717) is 45.4 Å². The largest absolute Gasteiger partial charge is 0.379 e. The van der Waals surface area contributed by atoms with Gasteiger partial charge in [-0.15, -0.1) is 0 Å². The second kappa shape index (κ2) is 12.6. The first-order valence-corrected chi connectivity index (χ1v) is 13.4. The minimum absolute atomic E-state index is 0.0270. The number of hydrogen-bond acceptors (Lipinski definition) is 6. The summed E-state index contributed by atoms with van der Waals surface area (Å²) in [7, 11) is -3.70. The van der Waals surface area contributed by atoms with Crippen LogP contribution in [-0.2, 0) is 24.3 Å². The molecule has 0 radical (unpaired) electrons. The first kappa shape index (κ1) is 26.5. The van der Waals surface area contributed by atoms with Crippen molar-refractivity contribution >= 4 is 21.8 Å². The molecule has 3 rings (SSSR count). The summed E-state index contributed by atoms with van der Waals surface area (Å²) in [6.45, 7) is 6.37. The molecule has 190 valence electrons. The summed E-state index contributed by atoms with van der Waals surface area (Å²) < 4.78 is 45.6. The Kier molecular flexibility index (Phi) is 9.81. The monoisotopic (exact) mass is 498 g/mol. The molecule has 1 saturated heterocycles. The van der Waals surface area contributed by atoms with E-state index in [-0.39, 0.29) is 35.1 Å². The number of carbonyl (C=O) groups excluding carboxylic acids is 2. The predicted molar refractivity (Wildman–Crippen MR) is 125 cm³/mol. The molecule has 34 heavy (non-hydrogen) atoms. The Morgan fingerprint density at radius 3 is 2.41 bits per heavy atom. The highest BCUT2D eigenvalue weighted by molar-refractivity contribution is 7.89. The fourth-order valence-electron chi connectivity index (χ4n) is 4.27. The zero-order valence-electron chi connectivity index (χ0n) is 19.6. The lowest BCUT2D eigenvalue weighted by molar-refractivity contribution is -0.131. The SMILES string of the molecule is C[C@H](NC(=O)C1CCC(CNS(=O)(=O)c2ccc(F)cc2)CC1)C(=O)NCCN1CCOCC1. The third-order valence-electron chi connectivity index (χ3n) is 6.49. The van der Waals surface area contributed by atoms with Crippen LogP contribution in [0.15, 0.2) is 29.2 Å². The highest BCUT2D eigenvalue weighted by Gasteiger charge is 2.29. The van der Waals surface area contributed by atoms with Crippen LogP contribution >= 0.6 is 0 Å². The van der Waals surface area contributed by atoms with E-state index in [9.17, 15) is 22.4 Å². The van der Waals surface area contributed by atoms with Gasteiger partial charge in [-0.1, -0.05) is 0 Å². The molecule has 0 aromatic heterocycles. The Labute approximate surface area is 200 Å². The highest BCUT2D eigenvalue weighted by atomic mass is 32.2. The van der Waals surface area contributed by atoms with Crippen molar-refractivity contribution in [3.63, 3.8) is 0 Å². The van der Waals surface area contributed by atoms with Gasteiger partial charge in [-0.2, -0.15) is 0 Å². The number of rotatable bonds is 10. The number of sulfonamides is 1. The number of nitrogens with zero attached hydrogens (tertiary/aromatic N) is 1. The van der Waals surface area contributed by atoms with E-state index in [1.165, 1.54) is 12.1 Å². The van der Waals surface area contributed by atoms with Crippen molar-refractivity contribution in [1.82, 2.24) is 20.3 Å². The number of amides is 2. The van der Waals surface area contributed by atoms with Crippen molar-refractivity contribution in [2.45, 2.75) is 43.5 Å². The number of ether oxygens (including phenoxy) is 1. The maximum atomic E-state index is 13.0. The molecule has 0 unspecified atom stereocenters. The van der Waals surface area contributed by atoms with Crippen LogP contribution < -0.4 is 15.4 Å². The van der Waals surface area contributed by atoms with E-state index in [1.807, 2.05) is 0 Å². The van der Waals surface area contributed by atoms with Gasteiger partial charge in [0.05, 0.1) is 18.1 Å². The first-order valence-electron chi connectivity index (χ1n) is 11.9. The van der Waals surface area contributed by atoms with Gasteiger partial charge in [0.25, 0.3) is 0 Å². The minimum Gasteiger partial charge on any atom is -0.379 e. The third-order valence-corrected chi connectivity index (χ3v) is 7.93. The van der Waals surface area contributed by atoms with Gasteiger partial charge in [-0.05, 0) is 62.8 Å². The molecule has 2 amide bonds. The molecule has 9 nitrogen and oxygen atoms in total. The van der Waals surface area contributed by atoms with Crippen LogP contribution in [0.5, 0.6) is 0 Å². The molecule has 1 aliphatic heterocycles. The maximum Gasteiger partial charge on any atom is 0.242 e. The normalized spacial score (nSPS) is 22.6. The van der Waals surface area contributed by atoms with Gasteiger partial charge >= 0.3 is 0 Å². The first-order chi connectivity index (χ1) is 16.2.